The van der Waals surface area contributed by atoms with E-state index >= 15 is 0 Å². The molecule has 4 nitrogen and oxygen atoms in total. The Hall–Kier alpha value is -1.32. The van der Waals surface area contributed by atoms with E-state index in [9.17, 15) is 4.79 Å². The van der Waals surface area contributed by atoms with Crippen LogP contribution in [-0.4, -0.2) is 33.7 Å². The third-order valence-electron chi connectivity index (χ3n) is 3.66. The molecule has 1 aliphatic carbocycles. The van der Waals surface area contributed by atoms with Crippen molar-refractivity contribution in [2.45, 2.75) is 45.1 Å². The van der Waals surface area contributed by atoms with Gasteiger partial charge in [-0.1, -0.05) is 19.3 Å². The van der Waals surface area contributed by atoms with Crippen LogP contribution in [-0.2, 0) is 7.05 Å². The molecule has 0 saturated heterocycles. The number of amides is 1. The summed E-state index contributed by atoms with van der Waals surface area (Å²) >= 11 is 0. The first-order valence-electron chi connectivity index (χ1n) is 6.37. The molecule has 0 aromatic carbocycles. The minimum atomic E-state index is 0.0972. The molecular formula is C13H21N3O. The second kappa shape index (κ2) is 4.90. The van der Waals surface area contributed by atoms with Crippen molar-refractivity contribution in [1.82, 2.24) is 14.7 Å². The number of carbonyl (C=O) groups excluding carboxylic acids is 1. The summed E-state index contributed by atoms with van der Waals surface area (Å²) < 4.78 is 1.68. The lowest BCUT2D eigenvalue weighted by atomic mass is 9.94. The fourth-order valence-corrected chi connectivity index (χ4v) is 2.63. The highest BCUT2D eigenvalue weighted by atomic mass is 16.2. The van der Waals surface area contributed by atoms with Gasteiger partial charge in [0.05, 0.1) is 5.69 Å². The number of nitrogens with zero attached hydrogens (tertiary/aromatic N) is 3. The van der Waals surface area contributed by atoms with Crippen molar-refractivity contribution in [3.63, 3.8) is 0 Å². The van der Waals surface area contributed by atoms with E-state index in [4.69, 9.17) is 0 Å². The Labute approximate surface area is 103 Å². The first-order chi connectivity index (χ1) is 8.09. The van der Waals surface area contributed by atoms with Crippen LogP contribution in [0, 0.1) is 6.92 Å². The average Bonchev–Trinajstić information content (AvgIpc) is 2.68. The molecule has 1 heterocycles. The smallest absolute Gasteiger partial charge is 0.272 e. The van der Waals surface area contributed by atoms with Crippen LogP contribution >= 0.6 is 0 Å². The normalized spacial score (nSPS) is 17.1. The van der Waals surface area contributed by atoms with Gasteiger partial charge in [0.1, 0.15) is 5.69 Å². The van der Waals surface area contributed by atoms with Crippen molar-refractivity contribution in [2.24, 2.45) is 7.05 Å². The summed E-state index contributed by atoms with van der Waals surface area (Å²) in [5.74, 6) is 0.0972. The summed E-state index contributed by atoms with van der Waals surface area (Å²) in [6, 6.07) is 2.27. The first-order valence-corrected chi connectivity index (χ1v) is 6.37. The lowest BCUT2D eigenvalue weighted by molar-refractivity contribution is 0.0685. The Balaban J connectivity index is 2.11. The maximum Gasteiger partial charge on any atom is 0.272 e. The van der Waals surface area contributed by atoms with Crippen LogP contribution in [0.1, 0.15) is 48.3 Å². The zero-order valence-corrected chi connectivity index (χ0v) is 10.9. The summed E-state index contributed by atoms with van der Waals surface area (Å²) in [6.07, 6.45) is 6.07. The summed E-state index contributed by atoms with van der Waals surface area (Å²) in [7, 11) is 3.75. The molecule has 1 aromatic rings. The van der Waals surface area contributed by atoms with Gasteiger partial charge in [0, 0.05) is 20.1 Å². The van der Waals surface area contributed by atoms with Crippen LogP contribution < -0.4 is 0 Å². The van der Waals surface area contributed by atoms with Crippen LogP contribution in [0.5, 0.6) is 0 Å². The molecule has 0 unspecified atom stereocenters. The number of aromatic nitrogens is 2. The Morgan fingerprint density at radius 2 is 2.06 bits per heavy atom. The van der Waals surface area contributed by atoms with Crippen LogP contribution in [0.4, 0.5) is 0 Å². The molecule has 0 spiro atoms. The first kappa shape index (κ1) is 12.1. The molecule has 1 aromatic heterocycles. The summed E-state index contributed by atoms with van der Waals surface area (Å²) in [6.45, 7) is 1.91. The minimum Gasteiger partial charge on any atom is -0.337 e. The fourth-order valence-electron chi connectivity index (χ4n) is 2.63. The Bertz CT molecular complexity index is 405. The third kappa shape index (κ3) is 2.51. The van der Waals surface area contributed by atoms with Crippen molar-refractivity contribution in [3.8, 4) is 0 Å². The number of hydrogen-bond acceptors (Lipinski definition) is 2. The van der Waals surface area contributed by atoms with Crippen molar-refractivity contribution in [1.29, 1.82) is 0 Å². The van der Waals surface area contributed by atoms with Gasteiger partial charge in [-0.25, -0.2) is 0 Å². The van der Waals surface area contributed by atoms with E-state index in [1.165, 1.54) is 19.3 Å². The predicted octanol–water partition coefficient (Wildman–Crippen LogP) is 2.13. The Kier molecular flexibility index (Phi) is 3.50. The van der Waals surface area contributed by atoms with Crippen molar-refractivity contribution < 1.29 is 4.79 Å². The van der Waals surface area contributed by atoms with Gasteiger partial charge in [-0.15, -0.1) is 0 Å². The summed E-state index contributed by atoms with van der Waals surface area (Å²) in [4.78, 5) is 14.2. The van der Waals surface area contributed by atoms with E-state index in [0.29, 0.717) is 11.7 Å². The molecule has 0 bridgehead atoms. The monoisotopic (exact) mass is 235 g/mol. The zero-order chi connectivity index (χ0) is 12.4. The van der Waals surface area contributed by atoms with Gasteiger partial charge in [0.2, 0.25) is 0 Å². The predicted molar refractivity (Wildman–Crippen MR) is 66.9 cm³/mol. The van der Waals surface area contributed by atoms with Gasteiger partial charge in [0.25, 0.3) is 5.91 Å². The van der Waals surface area contributed by atoms with Gasteiger partial charge >= 0.3 is 0 Å². The van der Waals surface area contributed by atoms with Crippen LogP contribution in [0.3, 0.4) is 0 Å². The molecule has 94 valence electrons. The quantitative estimate of drug-likeness (QED) is 0.787. The highest BCUT2D eigenvalue weighted by Gasteiger charge is 2.24. The zero-order valence-electron chi connectivity index (χ0n) is 10.9. The standard InChI is InChI=1S/C13H21N3O/c1-10-9-12(16(3)14-10)13(17)15(2)11-7-5-4-6-8-11/h9,11H,4-8H2,1-3H3. The minimum absolute atomic E-state index is 0.0972. The fraction of sp³-hybridized carbons (Fsp3) is 0.692. The lowest BCUT2D eigenvalue weighted by Gasteiger charge is -2.31. The molecule has 4 heteroatoms. The number of aryl methyl sites for hydroxylation is 2. The molecule has 2 rings (SSSR count). The van der Waals surface area contributed by atoms with Crippen LogP contribution in [0.25, 0.3) is 0 Å². The van der Waals surface area contributed by atoms with Crippen molar-refractivity contribution in [3.05, 3.63) is 17.5 Å². The Morgan fingerprint density at radius 1 is 1.41 bits per heavy atom. The number of hydrogen-bond donors (Lipinski definition) is 0. The second-order valence-corrected chi connectivity index (χ2v) is 5.00. The molecule has 0 atom stereocenters. The molecule has 1 fully saturated rings. The Morgan fingerprint density at radius 3 is 2.59 bits per heavy atom. The van der Waals surface area contributed by atoms with E-state index in [2.05, 4.69) is 5.10 Å². The van der Waals surface area contributed by atoms with E-state index in [-0.39, 0.29) is 5.91 Å². The van der Waals surface area contributed by atoms with Crippen molar-refractivity contribution >= 4 is 5.91 Å². The SMILES string of the molecule is Cc1cc(C(=O)N(C)C2CCCCC2)n(C)n1. The largest absolute Gasteiger partial charge is 0.337 e. The summed E-state index contributed by atoms with van der Waals surface area (Å²) in [5.41, 5.74) is 1.59. The van der Waals surface area contributed by atoms with Crippen LogP contribution in [0.15, 0.2) is 6.07 Å². The molecule has 0 aliphatic heterocycles. The van der Waals surface area contributed by atoms with E-state index in [0.717, 1.165) is 18.5 Å². The molecule has 1 amide bonds. The number of rotatable bonds is 2. The highest BCUT2D eigenvalue weighted by Crippen LogP contribution is 2.22. The van der Waals surface area contributed by atoms with E-state index < -0.39 is 0 Å². The van der Waals surface area contributed by atoms with E-state index in [1.54, 1.807) is 4.68 Å². The molecule has 0 N–H and O–H groups in total. The van der Waals surface area contributed by atoms with Gasteiger partial charge in [-0.05, 0) is 25.8 Å². The van der Waals surface area contributed by atoms with E-state index in [1.807, 2.05) is 32.0 Å². The summed E-state index contributed by atoms with van der Waals surface area (Å²) in [5, 5.41) is 4.23. The maximum absolute atomic E-state index is 12.3. The van der Waals surface area contributed by atoms with Gasteiger partial charge in [-0.2, -0.15) is 5.10 Å². The molecule has 17 heavy (non-hydrogen) atoms. The topological polar surface area (TPSA) is 38.1 Å². The van der Waals surface area contributed by atoms with Gasteiger partial charge < -0.3 is 4.90 Å². The molecule has 0 radical (unpaired) electrons. The van der Waals surface area contributed by atoms with Gasteiger partial charge in [0.15, 0.2) is 0 Å². The average molecular weight is 235 g/mol. The van der Waals surface area contributed by atoms with Gasteiger partial charge in [-0.3, -0.25) is 9.48 Å². The lowest BCUT2D eigenvalue weighted by Crippen LogP contribution is -2.39. The highest BCUT2D eigenvalue weighted by molar-refractivity contribution is 5.92. The van der Waals surface area contributed by atoms with Crippen LogP contribution in [0.2, 0.25) is 0 Å². The maximum atomic E-state index is 12.3. The molecule has 1 saturated carbocycles. The number of carbonyl (C=O) groups is 1. The molecule has 1 aliphatic rings. The second-order valence-electron chi connectivity index (χ2n) is 5.00. The molecular weight excluding hydrogens is 214 g/mol. The third-order valence-corrected chi connectivity index (χ3v) is 3.66. The van der Waals surface area contributed by atoms with Crippen molar-refractivity contribution in [2.75, 3.05) is 7.05 Å².